The van der Waals surface area contributed by atoms with Crippen LogP contribution in [0.5, 0.6) is 0 Å². The van der Waals surface area contributed by atoms with Crippen LogP contribution < -0.4 is 10.4 Å². The lowest BCUT2D eigenvalue weighted by atomic mass is 10.2. The predicted molar refractivity (Wildman–Crippen MR) is 59.2 cm³/mol. The summed E-state index contributed by atoms with van der Waals surface area (Å²) in [5, 5.41) is 6.37. The Bertz CT molecular complexity index is 224. The highest BCUT2D eigenvalue weighted by molar-refractivity contribution is 7.80. The van der Waals surface area contributed by atoms with Gasteiger partial charge in [0.2, 0.25) is 5.91 Å². The highest BCUT2D eigenvalue weighted by Gasteiger charge is 2.27. The molecule has 1 fully saturated rings. The number of nitrogens with zero attached hydrogens (tertiary/aromatic N) is 1. The molecule has 0 aromatic heterocycles. The summed E-state index contributed by atoms with van der Waals surface area (Å²) in [6, 6.07) is 0.281. The van der Waals surface area contributed by atoms with Crippen LogP contribution in [-0.2, 0) is 4.79 Å². The number of hydrogen-bond donors (Lipinski definition) is 2. The van der Waals surface area contributed by atoms with Crippen LogP contribution in [-0.4, -0.2) is 35.6 Å². The summed E-state index contributed by atoms with van der Waals surface area (Å²) in [7, 11) is 4.16. The van der Waals surface area contributed by atoms with E-state index >= 15 is 0 Å². The largest absolute Gasteiger partial charge is 0.360 e. The maximum atomic E-state index is 11.1. The second-order valence-corrected chi connectivity index (χ2v) is 3.75. The van der Waals surface area contributed by atoms with Gasteiger partial charge in [0.15, 0.2) is 5.11 Å². The van der Waals surface area contributed by atoms with Crippen LogP contribution in [0.1, 0.15) is 12.8 Å². The quantitative estimate of drug-likeness (QED) is 0.501. The van der Waals surface area contributed by atoms with E-state index in [9.17, 15) is 4.79 Å². The van der Waals surface area contributed by atoms with Crippen molar-refractivity contribution < 1.29 is 4.79 Å². The normalized spacial score (nSPS) is 21.8. The molecule has 0 aliphatic carbocycles. The molecule has 13 heavy (non-hydrogen) atoms. The SMILES string of the molecule is CN1C(=O)CCC1CNC(=S)NP. The van der Waals surface area contributed by atoms with Crippen LogP contribution in [0.15, 0.2) is 0 Å². The minimum atomic E-state index is 0.219. The summed E-state index contributed by atoms with van der Waals surface area (Å²) in [4.78, 5) is 12.9. The van der Waals surface area contributed by atoms with E-state index in [0.717, 1.165) is 13.0 Å². The third-order valence-electron chi connectivity index (χ3n) is 2.26. The molecule has 1 saturated heterocycles. The molecule has 1 aliphatic heterocycles. The van der Waals surface area contributed by atoms with Crippen molar-refractivity contribution in [1.29, 1.82) is 0 Å². The summed E-state index contributed by atoms with van der Waals surface area (Å²) in [6.07, 6.45) is 1.58. The third-order valence-corrected chi connectivity index (χ3v) is 3.02. The lowest BCUT2D eigenvalue weighted by molar-refractivity contribution is -0.127. The molecule has 1 amide bonds. The standard InChI is InChI=1S/C7H14N3OPS/c1-10-5(2-3-6(10)11)4-8-7(13)9-12/h5H,2-4,12H2,1H3,(H2,8,9,13). The molecule has 6 heteroatoms. The van der Waals surface area contributed by atoms with Gasteiger partial charge in [-0.25, -0.2) is 0 Å². The van der Waals surface area contributed by atoms with E-state index < -0.39 is 0 Å². The van der Waals surface area contributed by atoms with E-state index in [-0.39, 0.29) is 11.9 Å². The van der Waals surface area contributed by atoms with Gasteiger partial charge >= 0.3 is 0 Å². The van der Waals surface area contributed by atoms with Gasteiger partial charge in [0.25, 0.3) is 0 Å². The Kier molecular flexibility index (Phi) is 3.88. The topological polar surface area (TPSA) is 44.4 Å². The first-order chi connectivity index (χ1) is 6.15. The molecule has 0 spiro atoms. The molecule has 74 valence electrons. The Labute approximate surface area is 85.7 Å². The van der Waals surface area contributed by atoms with Crippen LogP contribution in [0.25, 0.3) is 0 Å². The van der Waals surface area contributed by atoms with E-state index in [1.807, 2.05) is 7.05 Å². The average Bonchev–Trinajstić information content (AvgIpc) is 2.44. The van der Waals surface area contributed by atoms with E-state index in [1.165, 1.54) is 0 Å². The van der Waals surface area contributed by atoms with Crippen molar-refractivity contribution in [2.75, 3.05) is 13.6 Å². The van der Waals surface area contributed by atoms with Gasteiger partial charge in [0.1, 0.15) is 0 Å². The van der Waals surface area contributed by atoms with E-state index in [4.69, 9.17) is 12.2 Å². The summed E-state index contributed by atoms with van der Waals surface area (Å²) in [5.74, 6) is 0.219. The number of nitrogens with one attached hydrogen (secondary N) is 2. The van der Waals surface area contributed by atoms with Gasteiger partial charge in [-0.15, -0.1) is 0 Å². The Balaban J connectivity index is 2.30. The molecule has 1 rings (SSSR count). The number of likely N-dealkylation sites (N-methyl/N-ethyl adjacent to an activating group) is 1. The van der Waals surface area contributed by atoms with Crippen molar-refractivity contribution in [3.8, 4) is 0 Å². The molecule has 1 heterocycles. The van der Waals surface area contributed by atoms with Crippen LogP contribution in [0.3, 0.4) is 0 Å². The smallest absolute Gasteiger partial charge is 0.222 e. The van der Waals surface area contributed by atoms with Gasteiger partial charge in [-0.05, 0) is 28.0 Å². The molecule has 4 nitrogen and oxygen atoms in total. The lowest BCUT2D eigenvalue weighted by Gasteiger charge is -2.20. The summed E-state index contributed by atoms with van der Waals surface area (Å²) < 4.78 is 0. The molecule has 0 radical (unpaired) electrons. The van der Waals surface area contributed by atoms with E-state index in [0.29, 0.717) is 11.5 Å². The fourth-order valence-electron chi connectivity index (χ4n) is 1.36. The first-order valence-corrected chi connectivity index (χ1v) is 5.14. The van der Waals surface area contributed by atoms with Gasteiger partial charge in [0, 0.05) is 26.1 Å². The van der Waals surface area contributed by atoms with Crippen LogP contribution in [0.4, 0.5) is 0 Å². The van der Waals surface area contributed by atoms with Crippen molar-refractivity contribution in [1.82, 2.24) is 15.3 Å². The number of rotatable bonds is 2. The molecule has 0 saturated carbocycles. The fraction of sp³-hybridized carbons (Fsp3) is 0.714. The van der Waals surface area contributed by atoms with Crippen LogP contribution in [0, 0.1) is 0 Å². The van der Waals surface area contributed by atoms with Gasteiger partial charge in [-0.3, -0.25) is 4.79 Å². The van der Waals surface area contributed by atoms with Crippen molar-refractivity contribution in [2.45, 2.75) is 18.9 Å². The first-order valence-electron chi connectivity index (χ1n) is 4.15. The maximum absolute atomic E-state index is 11.1. The minimum Gasteiger partial charge on any atom is -0.360 e. The zero-order valence-corrected chi connectivity index (χ0v) is 9.51. The first kappa shape index (κ1) is 10.7. The molecule has 1 aliphatic rings. The average molecular weight is 219 g/mol. The highest BCUT2D eigenvalue weighted by Crippen LogP contribution is 2.15. The van der Waals surface area contributed by atoms with Crippen molar-refractivity contribution >= 4 is 32.6 Å². The minimum absolute atomic E-state index is 0.219. The zero-order chi connectivity index (χ0) is 9.84. The molecule has 0 aromatic carbocycles. The summed E-state index contributed by atoms with van der Waals surface area (Å²) >= 11 is 4.91. The van der Waals surface area contributed by atoms with E-state index in [1.54, 1.807) is 4.90 Å². The molecule has 2 atom stereocenters. The van der Waals surface area contributed by atoms with Crippen LogP contribution >= 0.6 is 21.6 Å². The van der Waals surface area contributed by atoms with Gasteiger partial charge in [0.05, 0.1) is 0 Å². The Hall–Kier alpha value is -0.410. The zero-order valence-electron chi connectivity index (χ0n) is 7.54. The monoisotopic (exact) mass is 219 g/mol. The summed E-state index contributed by atoms with van der Waals surface area (Å²) in [6.45, 7) is 0.725. The number of thiocarbonyl (C=S) groups is 1. The Morgan fingerprint density at radius 3 is 3.00 bits per heavy atom. The lowest BCUT2D eigenvalue weighted by Crippen LogP contribution is -2.41. The highest BCUT2D eigenvalue weighted by atomic mass is 32.1. The van der Waals surface area contributed by atoms with Crippen molar-refractivity contribution in [2.24, 2.45) is 0 Å². The maximum Gasteiger partial charge on any atom is 0.222 e. The molecular formula is C7H14N3OPS. The van der Waals surface area contributed by atoms with Crippen molar-refractivity contribution in [3.05, 3.63) is 0 Å². The summed E-state index contributed by atoms with van der Waals surface area (Å²) in [5.41, 5.74) is 0. The number of amides is 1. The molecule has 0 bridgehead atoms. The second-order valence-electron chi connectivity index (χ2n) is 3.05. The Morgan fingerprint density at radius 2 is 2.54 bits per heavy atom. The van der Waals surface area contributed by atoms with Gasteiger partial charge in [-0.2, -0.15) is 0 Å². The molecule has 2 unspecified atom stereocenters. The second kappa shape index (κ2) is 4.72. The van der Waals surface area contributed by atoms with E-state index in [2.05, 4.69) is 19.8 Å². The number of carbonyl (C=O) groups excluding carboxylic acids is 1. The van der Waals surface area contributed by atoms with Crippen molar-refractivity contribution in [3.63, 3.8) is 0 Å². The van der Waals surface area contributed by atoms with Gasteiger partial charge in [-0.1, -0.05) is 0 Å². The molecular weight excluding hydrogens is 205 g/mol. The number of hydrogen-bond acceptors (Lipinski definition) is 2. The Morgan fingerprint density at radius 1 is 1.85 bits per heavy atom. The van der Waals surface area contributed by atoms with Gasteiger partial charge < -0.3 is 15.3 Å². The third kappa shape index (κ3) is 2.78. The fourth-order valence-corrected chi connectivity index (χ4v) is 1.55. The molecule has 2 N–H and O–H groups in total. The number of likely N-dealkylation sites (tertiary alicyclic amines) is 1. The number of carbonyl (C=O) groups is 1. The predicted octanol–water partition coefficient (Wildman–Crippen LogP) is -0.139. The van der Waals surface area contributed by atoms with Crippen LogP contribution in [0.2, 0.25) is 0 Å². The molecule has 0 aromatic rings.